The van der Waals surface area contributed by atoms with Gasteiger partial charge in [0.2, 0.25) is 0 Å². The molecule has 0 spiro atoms. The lowest BCUT2D eigenvalue weighted by molar-refractivity contribution is 0.617. The molecule has 0 unspecified atom stereocenters. The number of allylic oxidation sites excluding steroid dienone is 3. The second kappa shape index (κ2) is 4.80. The first-order chi connectivity index (χ1) is 6.69. The Hall–Kier alpha value is -1.31. The SMILES string of the molecule is C=CN1C=C(C(C)C)N=C/C1=C/CC. The molecule has 1 heterocycles. The van der Waals surface area contributed by atoms with Crippen LogP contribution in [0.15, 0.2) is 41.4 Å². The van der Waals surface area contributed by atoms with Gasteiger partial charge in [-0.2, -0.15) is 0 Å². The van der Waals surface area contributed by atoms with Gasteiger partial charge in [0.05, 0.1) is 17.6 Å². The lowest BCUT2D eigenvalue weighted by Crippen LogP contribution is -2.16. The molecule has 0 aromatic rings. The third kappa shape index (κ3) is 2.34. The highest BCUT2D eigenvalue weighted by Crippen LogP contribution is 2.19. The van der Waals surface area contributed by atoms with E-state index in [4.69, 9.17) is 0 Å². The normalized spacial score (nSPS) is 19.0. The Bertz CT molecular complexity index is 295. The van der Waals surface area contributed by atoms with E-state index in [0.717, 1.165) is 17.8 Å². The third-order valence-corrected chi connectivity index (χ3v) is 2.12. The van der Waals surface area contributed by atoms with Crippen LogP contribution in [-0.2, 0) is 0 Å². The Kier molecular flexibility index (Phi) is 3.69. The highest BCUT2D eigenvalue weighted by Gasteiger charge is 2.10. The van der Waals surface area contributed by atoms with Crippen molar-refractivity contribution in [2.75, 3.05) is 0 Å². The second-order valence-corrected chi connectivity index (χ2v) is 3.59. The summed E-state index contributed by atoms with van der Waals surface area (Å²) in [6.45, 7) is 10.2. The molecule has 0 atom stereocenters. The Morgan fingerprint density at radius 2 is 2.29 bits per heavy atom. The van der Waals surface area contributed by atoms with Gasteiger partial charge in [0.15, 0.2) is 0 Å². The van der Waals surface area contributed by atoms with Crippen LogP contribution < -0.4 is 0 Å². The molecule has 14 heavy (non-hydrogen) atoms. The first-order valence-electron chi connectivity index (χ1n) is 5.05. The summed E-state index contributed by atoms with van der Waals surface area (Å²) in [4.78, 5) is 6.43. The predicted octanol–water partition coefficient (Wildman–Crippen LogP) is 3.31. The van der Waals surface area contributed by atoms with Crippen LogP contribution in [0.5, 0.6) is 0 Å². The van der Waals surface area contributed by atoms with Crippen LogP contribution in [0.25, 0.3) is 0 Å². The van der Waals surface area contributed by atoms with E-state index in [1.807, 2.05) is 23.5 Å². The van der Waals surface area contributed by atoms with Crippen molar-refractivity contribution in [3.8, 4) is 0 Å². The highest BCUT2D eigenvalue weighted by atomic mass is 15.1. The molecule has 0 amide bonds. The smallest absolute Gasteiger partial charge is 0.0595 e. The van der Waals surface area contributed by atoms with Gasteiger partial charge >= 0.3 is 0 Å². The van der Waals surface area contributed by atoms with Crippen LogP contribution in [0, 0.1) is 5.92 Å². The van der Waals surface area contributed by atoms with Crippen molar-refractivity contribution in [3.63, 3.8) is 0 Å². The molecule has 0 N–H and O–H groups in total. The van der Waals surface area contributed by atoms with Gasteiger partial charge in [-0.1, -0.05) is 33.4 Å². The minimum atomic E-state index is 0.455. The Morgan fingerprint density at radius 1 is 1.57 bits per heavy atom. The van der Waals surface area contributed by atoms with E-state index in [1.165, 1.54) is 0 Å². The summed E-state index contributed by atoms with van der Waals surface area (Å²) in [6, 6.07) is 0. The standard InChI is InChI=1S/C12H18N2/c1-5-7-11-8-13-12(10(3)4)9-14(11)6-2/h6-10H,2,5H2,1,3-4H3/b11-7-. The molecule has 1 rings (SSSR count). The van der Waals surface area contributed by atoms with Crippen molar-refractivity contribution in [2.24, 2.45) is 10.9 Å². The maximum Gasteiger partial charge on any atom is 0.0595 e. The molecular formula is C12H18N2. The zero-order valence-corrected chi connectivity index (χ0v) is 9.20. The van der Waals surface area contributed by atoms with Crippen LogP contribution in [0.3, 0.4) is 0 Å². The van der Waals surface area contributed by atoms with Gasteiger partial charge in [-0.05, 0) is 12.3 Å². The molecule has 0 saturated heterocycles. The number of hydrogen-bond acceptors (Lipinski definition) is 2. The summed E-state index contributed by atoms with van der Waals surface area (Å²) in [7, 11) is 0. The fourth-order valence-electron chi connectivity index (χ4n) is 1.28. The van der Waals surface area contributed by atoms with Crippen molar-refractivity contribution >= 4 is 6.21 Å². The van der Waals surface area contributed by atoms with Gasteiger partial charge in [0.25, 0.3) is 0 Å². The molecule has 2 heteroatoms. The highest BCUT2D eigenvalue weighted by molar-refractivity contribution is 5.80. The maximum atomic E-state index is 4.41. The van der Waals surface area contributed by atoms with Gasteiger partial charge in [-0.15, -0.1) is 0 Å². The van der Waals surface area contributed by atoms with Crippen molar-refractivity contribution in [3.05, 3.63) is 36.4 Å². The zero-order valence-electron chi connectivity index (χ0n) is 9.20. The summed E-state index contributed by atoms with van der Waals surface area (Å²) in [5, 5.41) is 0. The first-order valence-corrected chi connectivity index (χ1v) is 5.05. The van der Waals surface area contributed by atoms with E-state index < -0.39 is 0 Å². The average molecular weight is 190 g/mol. The van der Waals surface area contributed by atoms with E-state index >= 15 is 0 Å². The lowest BCUT2D eigenvalue weighted by atomic mass is 10.1. The van der Waals surface area contributed by atoms with Crippen molar-refractivity contribution in [2.45, 2.75) is 27.2 Å². The molecule has 1 aliphatic heterocycles. The van der Waals surface area contributed by atoms with Gasteiger partial charge in [-0.3, -0.25) is 4.99 Å². The monoisotopic (exact) mass is 190 g/mol. The Labute approximate surface area is 86.3 Å². The molecule has 0 fully saturated rings. The fourth-order valence-corrected chi connectivity index (χ4v) is 1.28. The number of hydrogen-bond donors (Lipinski definition) is 0. The van der Waals surface area contributed by atoms with Crippen LogP contribution >= 0.6 is 0 Å². The Morgan fingerprint density at radius 3 is 2.79 bits per heavy atom. The quantitative estimate of drug-likeness (QED) is 0.666. The van der Waals surface area contributed by atoms with E-state index in [-0.39, 0.29) is 0 Å². The van der Waals surface area contributed by atoms with Crippen molar-refractivity contribution < 1.29 is 0 Å². The molecule has 0 aliphatic carbocycles. The molecule has 2 nitrogen and oxygen atoms in total. The minimum Gasteiger partial charge on any atom is -0.321 e. The van der Waals surface area contributed by atoms with E-state index in [0.29, 0.717) is 5.92 Å². The molecule has 1 aliphatic rings. The average Bonchev–Trinajstić information content (AvgIpc) is 2.18. The summed E-state index contributed by atoms with van der Waals surface area (Å²) < 4.78 is 0. The summed E-state index contributed by atoms with van der Waals surface area (Å²) in [5.74, 6) is 0.455. The van der Waals surface area contributed by atoms with Crippen molar-refractivity contribution in [1.29, 1.82) is 0 Å². The summed E-state index contributed by atoms with van der Waals surface area (Å²) in [5.41, 5.74) is 2.20. The zero-order chi connectivity index (χ0) is 10.6. The largest absolute Gasteiger partial charge is 0.321 e. The molecule has 76 valence electrons. The van der Waals surface area contributed by atoms with Crippen LogP contribution in [0.2, 0.25) is 0 Å². The van der Waals surface area contributed by atoms with Crippen LogP contribution in [0.4, 0.5) is 0 Å². The van der Waals surface area contributed by atoms with Gasteiger partial charge < -0.3 is 4.90 Å². The number of rotatable bonds is 3. The van der Waals surface area contributed by atoms with Gasteiger partial charge in [0, 0.05) is 12.4 Å². The second-order valence-electron chi connectivity index (χ2n) is 3.59. The fraction of sp³-hybridized carbons (Fsp3) is 0.417. The van der Waals surface area contributed by atoms with Crippen LogP contribution in [0.1, 0.15) is 27.2 Å². The predicted molar refractivity (Wildman–Crippen MR) is 61.8 cm³/mol. The van der Waals surface area contributed by atoms with Gasteiger partial charge in [-0.25, -0.2) is 0 Å². The molecule has 0 saturated carbocycles. The number of nitrogens with zero attached hydrogens (tertiary/aromatic N) is 2. The maximum absolute atomic E-state index is 4.41. The van der Waals surface area contributed by atoms with E-state index in [2.05, 4.69) is 38.4 Å². The Balaban J connectivity index is 2.90. The van der Waals surface area contributed by atoms with Crippen LogP contribution in [-0.4, -0.2) is 11.1 Å². The number of aliphatic imine (C=N–C) groups is 1. The molecule has 0 bridgehead atoms. The first kappa shape index (κ1) is 10.8. The molecule has 0 radical (unpaired) electrons. The summed E-state index contributed by atoms with van der Waals surface area (Å²) >= 11 is 0. The summed E-state index contributed by atoms with van der Waals surface area (Å²) in [6.07, 6.45) is 8.91. The third-order valence-electron chi connectivity index (χ3n) is 2.12. The van der Waals surface area contributed by atoms with E-state index in [1.54, 1.807) is 0 Å². The van der Waals surface area contributed by atoms with Crippen molar-refractivity contribution in [1.82, 2.24) is 4.90 Å². The topological polar surface area (TPSA) is 15.6 Å². The molecule has 0 aromatic heterocycles. The molecule has 0 aromatic carbocycles. The lowest BCUT2D eigenvalue weighted by Gasteiger charge is -2.22. The molecular weight excluding hydrogens is 172 g/mol. The van der Waals surface area contributed by atoms with Gasteiger partial charge in [0.1, 0.15) is 0 Å². The minimum absolute atomic E-state index is 0.455. The van der Waals surface area contributed by atoms with E-state index in [9.17, 15) is 0 Å².